The lowest BCUT2D eigenvalue weighted by atomic mass is 9.89. The van der Waals surface area contributed by atoms with Crippen molar-refractivity contribution in [3.63, 3.8) is 0 Å². The van der Waals surface area contributed by atoms with Crippen LogP contribution in [-0.4, -0.2) is 20.2 Å². The van der Waals surface area contributed by atoms with Crippen molar-refractivity contribution in [1.82, 2.24) is 5.32 Å². The van der Waals surface area contributed by atoms with Crippen LogP contribution in [0.25, 0.3) is 5.70 Å². The molecule has 1 N–H and O–H groups in total. The molecule has 148 valence electrons. The molecule has 10 heteroatoms. The van der Waals surface area contributed by atoms with Crippen LogP contribution < -0.4 is 14.2 Å². The number of ether oxygens (including phenoxy) is 1. The number of rotatable bonds is 4. The van der Waals surface area contributed by atoms with E-state index in [2.05, 4.69) is 9.50 Å². The van der Waals surface area contributed by atoms with E-state index in [1.165, 1.54) is 24.6 Å². The second-order valence-corrected chi connectivity index (χ2v) is 7.44. The molecular weight excluding hydrogens is 399 g/mol. The number of aldehydes is 1. The predicted molar refractivity (Wildman–Crippen MR) is 94.6 cm³/mol. The van der Waals surface area contributed by atoms with Gasteiger partial charge in [-0.25, -0.2) is 0 Å². The van der Waals surface area contributed by atoms with Crippen LogP contribution in [0.2, 0.25) is 0 Å². The second kappa shape index (κ2) is 7.19. The van der Waals surface area contributed by atoms with Gasteiger partial charge in [-0.15, -0.1) is 0 Å². The molecule has 2 aliphatic rings. The highest BCUT2D eigenvalue weighted by Gasteiger charge is 2.49. The summed E-state index contributed by atoms with van der Waals surface area (Å²) in [6, 6.07) is 2.37. The van der Waals surface area contributed by atoms with Crippen LogP contribution in [0, 0.1) is 0 Å². The van der Waals surface area contributed by atoms with Crippen molar-refractivity contribution in [2.24, 2.45) is 0 Å². The van der Waals surface area contributed by atoms with Gasteiger partial charge in [-0.05, 0) is 30.7 Å². The maximum absolute atomic E-state index is 12.8. The Hall–Kier alpha value is -3.01. The van der Waals surface area contributed by atoms with Crippen LogP contribution in [0.4, 0.5) is 13.2 Å². The molecule has 28 heavy (non-hydrogen) atoms. The van der Waals surface area contributed by atoms with E-state index in [1.54, 1.807) is 25.2 Å². The first-order valence-corrected chi connectivity index (χ1v) is 9.33. The van der Waals surface area contributed by atoms with Crippen molar-refractivity contribution in [3.8, 4) is 11.5 Å². The third-order valence-corrected chi connectivity index (χ3v) is 5.01. The van der Waals surface area contributed by atoms with Crippen molar-refractivity contribution in [3.05, 3.63) is 65.6 Å². The minimum Gasteiger partial charge on any atom is -0.464 e. The topological polar surface area (TPSA) is 81.7 Å². The second-order valence-electron chi connectivity index (χ2n) is 5.90. The van der Waals surface area contributed by atoms with Gasteiger partial charge in [0.15, 0.2) is 5.75 Å². The van der Waals surface area contributed by atoms with E-state index in [0.29, 0.717) is 17.4 Å². The van der Waals surface area contributed by atoms with Crippen molar-refractivity contribution < 1.29 is 35.3 Å². The highest BCUT2D eigenvalue weighted by molar-refractivity contribution is 7.88. The maximum atomic E-state index is 12.8. The Labute approximate surface area is 158 Å². The molecule has 0 aromatic heterocycles. The zero-order valence-corrected chi connectivity index (χ0v) is 15.2. The first-order chi connectivity index (χ1) is 13.2. The maximum Gasteiger partial charge on any atom is 0.534 e. The summed E-state index contributed by atoms with van der Waals surface area (Å²) in [6.45, 7) is 1.66. The highest BCUT2D eigenvalue weighted by atomic mass is 32.2. The Morgan fingerprint density at radius 1 is 1.21 bits per heavy atom. The fraction of sp³-hybridized carbons (Fsp3) is 0.167. The van der Waals surface area contributed by atoms with Gasteiger partial charge in [0.2, 0.25) is 0 Å². The van der Waals surface area contributed by atoms with Gasteiger partial charge in [0.1, 0.15) is 12.0 Å². The van der Waals surface area contributed by atoms with Gasteiger partial charge in [-0.1, -0.05) is 18.2 Å². The lowest BCUT2D eigenvalue weighted by molar-refractivity contribution is -0.108. The van der Waals surface area contributed by atoms with Crippen molar-refractivity contribution in [1.29, 1.82) is 0 Å². The first-order valence-electron chi connectivity index (χ1n) is 7.92. The third-order valence-electron chi connectivity index (χ3n) is 4.05. The number of fused-ring (bicyclic) bond motifs is 1. The molecule has 0 saturated heterocycles. The molecule has 1 aromatic carbocycles. The van der Waals surface area contributed by atoms with Gasteiger partial charge in [0, 0.05) is 11.8 Å². The standard InChI is InChI=1S/C18H14F3NO5S/c1-11-10-26-17-12(13(11)9-23)6-7-15(27-28(24,25)18(19,20)21)16(17)14-5-3-2-4-8-22-14/h2-10,13,22H,1H3. The van der Waals surface area contributed by atoms with E-state index in [0.717, 1.165) is 6.07 Å². The Balaban J connectivity index is 2.22. The normalized spacial score (nSPS) is 18.8. The molecule has 1 unspecified atom stereocenters. The van der Waals surface area contributed by atoms with Crippen LogP contribution in [0.3, 0.4) is 0 Å². The average molecular weight is 413 g/mol. The number of nitrogens with one attached hydrogen (secondary N) is 1. The fourth-order valence-corrected chi connectivity index (χ4v) is 3.18. The number of benzene rings is 1. The van der Waals surface area contributed by atoms with Crippen molar-refractivity contribution >= 4 is 22.1 Å². The van der Waals surface area contributed by atoms with E-state index in [4.69, 9.17) is 4.74 Å². The van der Waals surface area contributed by atoms with Crippen LogP contribution in [-0.2, 0) is 14.9 Å². The van der Waals surface area contributed by atoms with Gasteiger partial charge < -0.3 is 19.0 Å². The zero-order valence-electron chi connectivity index (χ0n) is 14.4. The summed E-state index contributed by atoms with van der Waals surface area (Å²) >= 11 is 0. The Bertz CT molecular complexity index is 1040. The molecule has 0 aliphatic carbocycles. The number of alkyl halides is 3. The summed E-state index contributed by atoms with van der Waals surface area (Å²) < 4.78 is 71.4. The Morgan fingerprint density at radius 3 is 2.64 bits per heavy atom. The van der Waals surface area contributed by atoms with Crippen molar-refractivity contribution in [2.45, 2.75) is 18.3 Å². The van der Waals surface area contributed by atoms with E-state index in [9.17, 15) is 26.4 Å². The summed E-state index contributed by atoms with van der Waals surface area (Å²) in [7, 11) is -5.91. The van der Waals surface area contributed by atoms with Gasteiger partial charge in [-0.2, -0.15) is 21.6 Å². The third kappa shape index (κ3) is 3.55. The largest absolute Gasteiger partial charge is 0.534 e. The fourth-order valence-electron chi connectivity index (χ4n) is 2.71. The molecule has 2 aliphatic heterocycles. The molecule has 0 bridgehead atoms. The lowest BCUT2D eigenvalue weighted by Gasteiger charge is -2.25. The molecule has 0 saturated carbocycles. The number of halogens is 3. The predicted octanol–water partition coefficient (Wildman–Crippen LogP) is 3.51. The quantitative estimate of drug-likeness (QED) is 0.462. The Morgan fingerprint density at radius 2 is 1.96 bits per heavy atom. The Kier molecular flexibility index (Phi) is 5.07. The molecule has 0 fully saturated rings. The van der Waals surface area contributed by atoms with Gasteiger partial charge >= 0.3 is 15.6 Å². The molecule has 0 radical (unpaired) electrons. The van der Waals surface area contributed by atoms with Crippen molar-refractivity contribution in [2.75, 3.05) is 0 Å². The van der Waals surface area contributed by atoms with Crippen LogP contribution in [0.15, 0.2) is 54.5 Å². The number of carbonyl (C=O) groups is 1. The van der Waals surface area contributed by atoms with E-state index in [1.807, 2.05) is 0 Å². The molecule has 0 amide bonds. The van der Waals surface area contributed by atoms with Gasteiger partial charge in [-0.3, -0.25) is 0 Å². The van der Waals surface area contributed by atoms with E-state index >= 15 is 0 Å². The van der Waals surface area contributed by atoms with Gasteiger partial charge in [0.25, 0.3) is 0 Å². The smallest absolute Gasteiger partial charge is 0.464 e. The SMILES string of the molecule is CC1=COc2c(ccc(OS(=O)(=O)C(F)(F)F)c2C2=CC=CC=CN2)C1C=O. The molecule has 2 heterocycles. The zero-order chi connectivity index (χ0) is 20.5. The monoisotopic (exact) mass is 413 g/mol. The summed E-state index contributed by atoms with van der Waals surface area (Å²) in [6.07, 6.45) is 9.83. The molecule has 1 atom stereocenters. The average Bonchev–Trinajstić information content (AvgIpc) is 2.89. The number of carbonyl (C=O) groups excluding carboxylic acids is 1. The number of allylic oxidation sites excluding steroid dienone is 5. The molecular formula is C18H14F3NO5S. The van der Waals surface area contributed by atoms with E-state index < -0.39 is 27.3 Å². The van der Waals surface area contributed by atoms with Crippen LogP contribution in [0.5, 0.6) is 11.5 Å². The summed E-state index contributed by atoms with van der Waals surface area (Å²) in [5, 5.41) is 2.83. The van der Waals surface area contributed by atoms with Crippen LogP contribution in [0.1, 0.15) is 24.0 Å². The van der Waals surface area contributed by atoms with Gasteiger partial charge in [0.05, 0.1) is 23.4 Å². The molecule has 1 aromatic rings. The highest BCUT2D eigenvalue weighted by Crippen LogP contribution is 2.45. The lowest BCUT2D eigenvalue weighted by Crippen LogP contribution is -2.28. The minimum atomic E-state index is -5.91. The minimum absolute atomic E-state index is 0.0278. The molecule has 3 rings (SSSR count). The summed E-state index contributed by atoms with van der Waals surface area (Å²) in [4.78, 5) is 11.5. The van der Waals surface area contributed by atoms with E-state index in [-0.39, 0.29) is 17.0 Å². The summed E-state index contributed by atoms with van der Waals surface area (Å²) in [5.74, 6) is -1.25. The molecule has 0 spiro atoms. The number of hydrogen-bond acceptors (Lipinski definition) is 6. The number of hydrogen-bond donors (Lipinski definition) is 1. The molecule has 6 nitrogen and oxygen atoms in total. The summed E-state index contributed by atoms with van der Waals surface area (Å²) in [5.41, 5.74) is -4.47. The first kappa shape index (κ1) is 19.7. The van der Waals surface area contributed by atoms with Crippen LogP contribution >= 0.6 is 0 Å².